The molecule has 0 saturated carbocycles. The van der Waals surface area contributed by atoms with E-state index < -0.39 is 5.97 Å². The molecule has 0 saturated heterocycles. The summed E-state index contributed by atoms with van der Waals surface area (Å²) in [6.07, 6.45) is 1.35. The topological polar surface area (TPSA) is 83.3 Å². The summed E-state index contributed by atoms with van der Waals surface area (Å²) in [7, 11) is 0. The van der Waals surface area contributed by atoms with Crippen molar-refractivity contribution in [3.8, 4) is 5.88 Å². The third kappa shape index (κ3) is 1.85. The Bertz CT molecular complexity index is 525. The minimum Gasteiger partial charge on any atom is -0.493 e. The molecular formula is C10H8N2O3. The summed E-state index contributed by atoms with van der Waals surface area (Å²) in [5, 5.41) is 18.6. The number of aliphatic carboxylic acids is 1. The van der Waals surface area contributed by atoms with Crippen LogP contribution in [0.1, 0.15) is 5.69 Å². The molecule has 0 fully saturated rings. The van der Waals surface area contributed by atoms with E-state index in [1.54, 1.807) is 24.4 Å². The molecule has 2 N–H and O–H groups in total. The molecule has 2 aromatic heterocycles. The molecule has 0 aliphatic heterocycles. The van der Waals surface area contributed by atoms with Crippen molar-refractivity contribution in [3.63, 3.8) is 0 Å². The van der Waals surface area contributed by atoms with Crippen LogP contribution < -0.4 is 0 Å². The highest BCUT2D eigenvalue weighted by Gasteiger charge is 2.07. The van der Waals surface area contributed by atoms with E-state index in [9.17, 15) is 9.90 Å². The lowest BCUT2D eigenvalue weighted by atomic mass is 10.2. The molecule has 2 aromatic rings. The molecule has 5 nitrogen and oxygen atoms in total. The van der Waals surface area contributed by atoms with Crippen molar-refractivity contribution >= 4 is 16.9 Å². The Morgan fingerprint density at radius 2 is 2.27 bits per heavy atom. The number of carboxylic acid groups (broad SMARTS) is 1. The maximum atomic E-state index is 10.5. The number of hydrogen-bond acceptors (Lipinski definition) is 4. The number of carboxylic acids is 1. The van der Waals surface area contributed by atoms with E-state index in [0.717, 1.165) is 0 Å². The predicted octanol–water partition coefficient (Wildman–Crippen LogP) is 0.962. The van der Waals surface area contributed by atoms with Crippen molar-refractivity contribution in [1.82, 2.24) is 9.97 Å². The number of carbonyl (C=O) groups is 1. The van der Waals surface area contributed by atoms with Crippen molar-refractivity contribution in [2.45, 2.75) is 6.42 Å². The standard InChI is InChI=1S/C10H8N2O3/c13-9(14)5-6-4-8-7(10(15)12-6)2-1-3-11-8/h1-4H,5H2,(H,12,15)(H,13,14). The first-order chi connectivity index (χ1) is 7.16. The van der Waals surface area contributed by atoms with Gasteiger partial charge in [0.1, 0.15) is 0 Å². The van der Waals surface area contributed by atoms with Crippen molar-refractivity contribution < 1.29 is 15.0 Å². The van der Waals surface area contributed by atoms with E-state index in [1.165, 1.54) is 0 Å². The number of hydrogen-bond donors (Lipinski definition) is 2. The molecule has 76 valence electrons. The first-order valence-corrected chi connectivity index (χ1v) is 4.32. The van der Waals surface area contributed by atoms with Gasteiger partial charge in [0.15, 0.2) is 0 Å². The number of aromatic nitrogens is 2. The van der Waals surface area contributed by atoms with Gasteiger partial charge >= 0.3 is 5.97 Å². The summed E-state index contributed by atoms with van der Waals surface area (Å²) >= 11 is 0. The first-order valence-electron chi connectivity index (χ1n) is 4.32. The van der Waals surface area contributed by atoms with Gasteiger partial charge in [-0.2, -0.15) is 0 Å². The van der Waals surface area contributed by atoms with Gasteiger partial charge in [0.05, 0.1) is 23.0 Å². The smallest absolute Gasteiger partial charge is 0.309 e. The van der Waals surface area contributed by atoms with Crippen LogP contribution in [-0.2, 0) is 11.2 Å². The van der Waals surface area contributed by atoms with E-state index in [2.05, 4.69) is 9.97 Å². The van der Waals surface area contributed by atoms with Crippen LogP contribution in [0.5, 0.6) is 5.88 Å². The number of aromatic hydroxyl groups is 1. The number of rotatable bonds is 2. The van der Waals surface area contributed by atoms with Crippen molar-refractivity contribution in [2.24, 2.45) is 0 Å². The second-order valence-electron chi connectivity index (χ2n) is 3.08. The van der Waals surface area contributed by atoms with Crippen LogP contribution in [0.2, 0.25) is 0 Å². The Kier molecular flexibility index (Phi) is 2.21. The molecule has 0 spiro atoms. The third-order valence-corrected chi connectivity index (χ3v) is 1.96. The molecule has 2 rings (SSSR count). The second-order valence-corrected chi connectivity index (χ2v) is 3.08. The molecule has 0 bridgehead atoms. The monoisotopic (exact) mass is 204 g/mol. The Morgan fingerprint density at radius 1 is 1.47 bits per heavy atom. The normalized spacial score (nSPS) is 10.4. The van der Waals surface area contributed by atoms with Gasteiger partial charge < -0.3 is 10.2 Å². The molecule has 5 heteroatoms. The van der Waals surface area contributed by atoms with Crippen LogP contribution in [-0.4, -0.2) is 26.2 Å². The Balaban J connectivity index is 2.57. The van der Waals surface area contributed by atoms with Gasteiger partial charge in [-0.25, -0.2) is 4.98 Å². The zero-order valence-corrected chi connectivity index (χ0v) is 7.71. The van der Waals surface area contributed by atoms with Crippen LogP contribution in [0.15, 0.2) is 24.4 Å². The van der Waals surface area contributed by atoms with Crippen LogP contribution in [0.25, 0.3) is 10.9 Å². The molecule has 0 radical (unpaired) electrons. The molecule has 0 atom stereocenters. The highest BCUT2D eigenvalue weighted by Crippen LogP contribution is 2.21. The SMILES string of the molecule is O=C(O)Cc1cc2ncccc2c(O)n1. The lowest BCUT2D eigenvalue weighted by Crippen LogP contribution is -2.02. The van der Waals surface area contributed by atoms with Crippen LogP contribution in [0.4, 0.5) is 0 Å². The lowest BCUT2D eigenvalue weighted by Gasteiger charge is -2.02. The fourth-order valence-corrected chi connectivity index (χ4v) is 1.35. The third-order valence-electron chi connectivity index (χ3n) is 1.96. The van der Waals surface area contributed by atoms with Gasteiger partial charge in [0, 0.05) is 6.20 Å². The molecular weight excluding hydrogens is 196 g/mol. The minimum absolute atomic E-state index is 0.183. The zero-order chi connectivity index (χ0) is 10.8. The van der Waals surface area contributed by atoms with Gasteiger partial charge in [0.25, 0.3) is 0 Å². The number of pyridine rings is 2. The van der Waals surface area contributed by atoms with Gasteiger partial charge in [-0.15, -0.1) is 0 Å². The van der Waals surface area contributed by atoms with Gasteiger partial charge in [0.2, 0.25) is 5.88 Å². The van der Waals surface area contributed by atoms with Gasteiger partial charge in [-0.3, -0.25) is 9.78 Å². The summed E-state index contributed by atoms with van der Waals surface area (Å²) in [6.45, 7) is 0. The predicted molar refractivity (Wildman–Crippen MR) is 52.5 cm³/mol. The molecule has 2 heterocycles. The summed E-state index contributed by atoms with van der Waals surface area (Å²) in [5.74, 6) is -1.17. The largest absolute Gasteiger partial charge is 0.493 e. The molecule has 0 aliphatic rings. The molecule has 0 amide bonds. The first kappa shape index (κ1) is 9.39. The van der Waals surface area contributed by atoms with Crippen LogP contribution >= 0.6 is 0 Å². The van der Waals surface area contributed by atoms with E-state index >= 15 is 0 Å². The Morgan fingerprint density at radius 3 is 3.00 bits per heavy atom. The Hall–Kier alpha value is -2.17. The lowest BCUT2D eigenvalue weighted by molar-refractivity contribution is -0.136. The highest BCUT2D eigenvalue weighted by molar-refractivity contribution is 5.84. The molecule has 0 aromatic carbocycles. The van der Waals surface area contributed by atoms with Crippen molar-refractivity contribution in [2.75, 3.05) is 0 Å². The van der Waals surface area contributed by atoms with Crippen LogP contribution in [0, 0.1) is 0 Å². The number of fused-ring (bicyclic) bond motifs is 1. The average Bonchev–Trinajstić information content (AvgIpc) is 2.16. The molecule has 15 heavy (non-hydrogen) atoms. The van der Waals surface area contributed by atoms with Crippen LogP contribution in [0.3, 0.4) is 0 Å². The maximum Gasteiger partial charge on any atom is 0.309 e. The minimum atomic E-state index is -0.989. The quantitative estimate of drug-likeness (QED) is 0.761. The van der Waals surface area contributed by atoms with Crippen molar-refractivity contribution in [3.05, 3.63) is 30.1 Å². The molecule has 0 unspecified atom stereocenters. The maximum absolute atomic E-state index is 10.5. The molecule has 0 aliphatic carbocycles. The summed E-state index contributed by atoms with van der Waals surface area (Å²) in [6, 6.07) is 4.92. The number of nitrogens with zero attached hydrogens (tertiary/aromatic N) is 2. The van der Waals surface area contributed by atoms with E-state index in [-0.39, 0.29) is 12.3 Å². The van der Waals surface area contributed by atoms with E-state index in [4.69, 9.17) is 5.11 Å². The summed E-state index contributed by atoms with van der Waals surface area (Å²) in [5.41, 5.74) is 0.840. The highest BCUT2D eigenvalue weighted by atomic mass is 16.4. The summed E-state index contributed by atoms with van der Waals surface area (Å²) < 4.78 is 0. The average molecular weight is 204 g/mol. The summed E-state index contributed by atoms with van der Waals surface area (Å²) in [4.78, 5) is 18.3. The fraction of sp³-hybridized carbons (Fsp3) is 0.100. The van der Waals surface area contributed by atoms with E-state index in [1.807, 2.05) is 0 Å². The Labute approximate surface area is 85.0 Å². The van der Waals surface area contributed by atoms with Crippen molar-refractivity contribution in [1.29, 1.82) is 0 Å². The fourth-order valence-electron chi connectivity index (χ4n) is 1.35. The van der Waals surface area contributed by atoms with E-state index in [0.29, 0.717) is 16.6 Å². The van der Waals surface area contributed by atoms with Gasteiger partial charge in [-0.05, 0) is 18.2 Å². The van der Waals surface area contributed by atoms with Gasteiger partial charge in [-0.1, -0.05) is 0 Å². The zero-order valence-electron chi connectivity index (χ0n) is 7.71. The second kappa shape index (κ2) is 3.53.